The molecule has 1 aliphatic heterocycles. The number of amides is 1. The van der Waals surface area contributed by atoms with Crippen molar-refractivity contribution in [3.63, 3.8) is 0 Å². The highest BCUT2D eigenvalue weighted by Gasteiger charge is 2.18. The van der Waals surface area contributed by atoms with Gasteiger partial charge in [0.15, 0.2) is 5.69 Å². The maximum atomic E-state index is 12.2. The van der Waals surface area contributed by atoms with Crippen LogP contribution in [0, 0.1) is 0 Å². The van der Waals surface area contributed by atoms with Gasteiger partial charge in [-0.1, -0.05) is 30.3 Å². The predicted octanol–water partition coefficient (Wildman–Crippen LogP) is 2.42. The summed E-state index contributed by atoms with van der Waals surface area (Å²) in [5.74, 6) is 0.555. The number of nitrogens with zero attached hydrogens (tertiary/aromatic N) is 2. The minimum Gasteiger partial charge on any atom is -0.478 e. The fraction of sp³-hybridized carbons (Fsp3) is 0.412. The van der Waals surface area contributed by atoms with E-state index in [0.717, 1.165) is 25.8 Å². The van der Waals surface area contributed by atoms with Gasteiger partial charge in [0.2, 0.25) is 5.88 Å². The van der Waals surface area contributed by atoms with Crippen molar-refractivity contribution < 1.29 is 9.53 Å². The molecule has 1 aliphatic rings. The number of fused-ring (bicyclic) bond motifs is 1. The van der Waals surface area contributed by atoms with Gasteiger partial charge in [-0.25, -0.2) is 4.68 Å². The van der Waals surface area contributed by atoms with E-state index in [1.807, 2.05) is 25.1 Å². The van der Waals surface area contributed by atoms with E-state index in [2.05, 4.69) is 22.5 Å². The van der Waals surface area contributed by atoms with Crippen LogP contribution in [-0.2, 0) is 13.0 Å². The molecule has 5 nitrogen and oxygen atoms in total. The van der Waals surface area contributed by atoms with Gasteiger partial charge >= 0.3 is 0 Å². The number of carbonyl (C=O) groups is 1. The molecule has 0 spiro atoms. The molecule has 1 aromatic heterocycles. The number of hydrogen-bond donors (Lipinski definition) is 1. The molecule has 1 N–H and O–H groups in total. The van der Waals surface area contributed by atoms with Crippen LogP contribution >= 0.6 is 0 Å². The first-order valence-electron chi connectivity index (χ1n) is 7.78. The molecule has 22 heavy (non-hydrogen) atoms. The first-order chi connectivity index (χ1) is 10.7. The number of aromatic nitrogens is 2. The number of hydrogen-bond acceptors (Lipinski definition) is 3. The predicted molar refractivity (Wildman–Crippen MR) is 84.0 cm³/mol. The van der Waals surface area contributed by atoms with Gasteiger partial charge in [0.05, 0.1) is 6.61 Å². The monoisotopic (exact) mass is 299 g/mol. The fourth-order valence-electron chi connectivity index (χ4n) is 2.58. The lowest BCUT2D eigenvalue weighted by molar-refractivity contribution is 0.0932. The highest BCUT2D eigenvalue weighted by atomic mass is 16.5. The molecule has 0 radical (unpaired) electrons. The standard InChI is InChI=1S/C17H21N3O2/c1-13(8-9-14-6-3-2-4-7-14)18-17(21)15-12-16-20(19-15)10-5-11-22-16/h2-4,6-7,12-13H,5,8-11H2,1H3,(H,18,21). The van der Waals surface area contributed by atoms with Gasteiger partial charge in [0.25, 0.3) is 5.91 Å². The summed E-state index contributed by atoms with van der Waals surface area (Å²) in [7, 11) is 0. The lowest BCUT2D eigenvalue weighted by Gasteiger charge is -2.13. The second-order valence-corrected chi connectivity index (χ2v) is 5.69. The number of aryl methyl sites for hydroxylation is 2. The third kappa shape index (κ3) is 3.47. The van der Waals surface area contributed by atoms with Crippen molar-refractivity contribution in [3.8, 4) is 5.88 Å². The molecule has 0 bridgehead atoms. The molecule has 0 fully saturated rings. The summed E-state index contributed by atoms with van der Waals surface area (Å²) in [6.45, 7) is 3.53. The summed E-state index contributed by atoms with van der Waals surface area (Å²) in [5.41, 5.74) is 1.72. The van der Waals surface area contributed by atoms with Crippen LogP contribution in [0.15, 0.2) is 36.4 Å². The number of nitrogens with one attached hydrogen (secondary N) is 1. The highest BCUT2D eigenvalue weighted by Crippen LogP contribution is 2.18. The van der Waals surface area contributed by atoms with Crippen molar-refractivity contribution in [3.05, 3.63) is 47.7 Å². The van der Waals surface area contributed by atoms with Crippen molar-refractivity contribution in [2.75, 3.05) is 6.61 Å². The lowest BCUT2D eigenvalue weighted by atomic mass is 10.1. The molecular formula is C17H21N3O2. The van der Waals surface area contributed by atoms with Gasteiger partial charge in [-0.15, -0.1) is 0 Å². The van der Waals surface area contributed by atoms with Crippen molar-refractivity contribution in [2.45, 2.75) is 38.8 Å². The zero-order valence-electron chi connectivity index (χ0n) is 12.8. The third-order valence-electron chi connectivity index (χ3n) is 3.83. The fourth-order valence-corrected chi connectivity index (χ4v) is 2.58. The third-order valence-corrected chi connectivity index (χ3v) is 3.83. The molecule has 3 rings (SSSR count). The number of ether oxygens (including phenoxy) is 1. The topological polar surface area (TPSA) is 56.2 Å². The SMILES string of the molecule is CC(CCc1ccccc1)NC(=O)c1cc2n(n1)CCCO2. The normalized spacial score (nSPS) is 14.8. The average molecular weight is 299 g/mol. The maximum absolute atomic E-state index is 12.2. The summed E-state index contributed by atoms with van der Waals surface area (Å²) >= 11 is 0. The molecule has 0 saturated heterocycles. The van der Waals surface area contributed by atoms with E-state index in [9.17, 15) is 4.79 Å². The van der Waals surface area contributed by atoms with E-state index in [-0.39, 0.29) is 11.9 Å². The first kappa shape index (κ1) is 14.6. The van der Waals surface area contributed by atoms with E-state index in [4.69, 9.17) is 4.74 Å². The molecule has 1 amide bonds. The van der Waals surface area contributed by atoms with Crippen molar-refractivity contribution in [2.24, 2.45) is 0 Å². The smallest absolute Gasteiger partial charge is 0.272 e. The average Bonchev–Trinajstić information content (AvgIpc) is 2.98. The van der Waals surface area contributed by atoms with E-state index in [1.165, 1.54) is 5.56 Å². The zero-order chi connectivity index (χ0) is 15.4. The Morgan fingerprint density at radius 2 is 2.23 bits per heavy atom. The van der Waals surface area contributed by atoms with Gasteiger partial charge in [0.1, 0.15) is 0 Å². The Morgan fingerprint density at radius 1 is 1.41 bits per heavy atom. The molecule has 0 saturated carbocycles. The number of carbonyl (C=O) groups excluding carboxylic acids is 1. The van der Waals surface area contributed by atoms with Crippen LogP contribution in [-0.4, -0.2) is 28.3 Å². The molecule has 1 aromatic carbocycles. The lowest BCUT2D eigenvalue weighted by Crippen LogP contribution is -2.33. The van der Waals surface area contributed by atoms with Gasteiger partial charge in [-0.2, -0.15) is 5.10 Å². The summed E-state index contributed by atoms with van der Waals surface area (Å²) in [6, 6.07) is 12.1. The van der Waals surface area contributed by atoms with Gasteiger partial charge < -0.3 is 10.1 Å². The summed E-state index contributed by atoms with van der Waals surface area (Å²) in [5, 5.41) is 7.31. The molecule has 2 heterocycles. The maximum Gasteiger partial charge on any atom is 0.272 e. The Balaban J connectivity index is 1.53. The number of rotatable bonds is 5. The molecule has 116 valence electrons. The number of benzene rings is 1. The van der Waals surface area contributed by atoms with Crippen molar-refractivity contribution in [1.82, 2.24) is 15.1 Å². The van der Waals surface area contributed by atoms with Crippen molar-refractivity contribution in [1.29, 1.82) is 0 Å². The molecular weight excluding hydrogens is 278 g/mol. The molecule has 0 aliphatic carbocycles. The van der Waals surface area contributed by atoms with E-state index >= 15 is 0 Å². The second-order valence-electron chi connectivity index (χ2n) is 5.69. The molecule has 2 aromatic rings. The first-order valence-corrected chi connectivity index (χ1v) is 7.78. The summed E-state index contributed by atoms with van der Waals surface area (Å²) in [6.07, 6.45) is 2.79. The summed E-state index contributed by atoms with van der Waals surface area (Å²) in [4.78, 5) is 12.2. The van der Waals surface area contributed by atoms with Crippen LogP contribution in [0.4, 0.5) is 0 Å². The molecule has 1 unspecified atom stereocenters. The molecule has 5 heteroatoms. The minimum absolute atomic E-state index is 0.104. The largest absolute Gasteiger partial charge is 0.478 e. The van der Waals surface area contributed by atoms with Crippen LogP contribution in [0.5, 0.6) is 5.88 Å². The molecule has 1 atom stereocenters. The Bertz CT molecular complexity index is 613. The highest BCUT2D eigenvalue weighted by molar-refractivity contribution is 5.92. The van der Waals surface area contributed by atoms with Crippen LogP contribution in [0.2, 0.25) is 0 Å². The van der Waals surface area contributed by atoms with Crippen LogP contribution in [0.1, 0.15) is 35.8 Å². The van der Waals surface area contributed by atoms with Gasteiger partial charge in [-0.05, 0) is 25.3 Å². The van der Waals surface area contributed by atoms with Crippen LogP contribution < -0.4 is 10.1 Å². The van der Waals surface area contributed by atoms with Crippen molar-refractivity contribution >= 4 is 5.91 Å². The Labute approximate surface area is 130 Å². The zero-order valence-corrected chi connectivity index (χ0v) is 12.8. The Hall–Kier alpha value is -2.30. The minimum atomic E-state index is -0.133. The van der Waals surface area contributed by atoms with E-state index in [0.29, 0.717) is 18.2 Å². The van der Waals surface area contributed by atoms with Gasteiger partial charge in [0, 0.05) is 25.1 Å². The quantitative estimate of drug-likeness (QED) is 0.922. The van der Waals surface area contributed by atoms with Crippen LogP contribution in [0.3, 0.4) is 0 Å². The second kappa shape index (κ2) is 6.64. The Kier molecular flexibility index (Phi) is 4.42. The van der Waals surface area contributed by atoms with E-state index < -0.39 is 0 Å². The Morgan fingerprint density at radius 3 is 3.00 bits per heavy atom. The van der Waals surface area contributed by atoms with Crippen LogP contribution in [0.25, 0.3) is 0 Å². The van der Waals surface area contributed by atoms with Gasteiger partial charge in [-0.3, -0.25) is 4.79 Å². The van der Waals surface area contributed by atoms with E-state index in [1.54, 1.807) is 10.7 Å². The summed E-state index contributed by atoms with van der Waals surface area (Å²) < 4.78 is 7.24.